The van der Waals surface area contributed by atoms with Crippen molar-refractivity contribution >= 4 is 17.9 Å². The third-order valence-corrected chi connectivity index (χ3v) is 3.46. The molecule has 1 aliphatic rings. The van der Waals surface area contributed by atoms with E-state index < -0.39 is 48.1 Å². The zero-order valence-corrected chi connectivity index (χ0v) is 14.7. The van der Waals surface area contributed by atoms with E-state index in [2.05, 4.69) is 9.97 Å². The summed E-state index contributed by atoms with van der Waals surface area (Å²) in [6.45, 7) is 4.81. The van der Waals surface area contributed by atoms with Crippen LogP contribution in [0, 0.1) is 6.92 Å². The topological polar surface area (TPSA) is 136 Å². The van der Waals surface area contributed by atoms with E-state index in [-0.39, 0.29) is 12.4 Å². The van der Waals surface area contributed by atoms with Crippen LogP contribution in [0.4, 0.5) is 0 Å². The van der Waals surface area contributed by atoms with Gasteiger partial charge in [0.05, 0.1) is 0 Å². The molecule has 0 N–H and O–H groups in total. The van der Waals surface area contributed by atoms with Crippen LogP contribution in [0.5, 0.6) is 0 Å². The average Bonchev–Trinajstić information content (AvgIpc) is 2.82. The molecule has 0 amide bonds. The summed E-state index contributed by atoms with van der Waals surface area (Å²) in [5.41, 5.74) is -0.686. The van der Waals surface area contributed by atoms with Gasteiger partial charge in [0.25, 0.3) is 0 Å². The van der Waals surface area contributed by atoms with Crippen LogP contribution < -0.4 is 5.69 Å². The zero-order chi connectivity index (χ0) is 19.4. The summed E-state index contributed by atoms with van der Waals surface area (Å²) in [6, 6.07) is 0. The van der Waals surface area contributed by atoms with Gasteiger partial charge < -0.3 is 18.9 Å². The average molecular weight is 369 g/mol. The Morgan fingerprint density at radius 2 is 1.73 bits per heavy atom. The number of hydrogen-bond acceptors (Lipinski definition) is 10. The van der Waals surface area contributed by atoms with Gasteiger partial charge >= 0.3 is 23.6 Å². The monoisotopic (exact) mass is 369 g/mol. The number of carbonyl (C=O) groups excluding carboxylic acids is 3. The summed E-state index contributed by atoms with van der Waals surface area (Å²) in [4.78, 5) is 53.8. The molecule has 142 valence electrons. The van der Waals surface area contributed by atoms with Gasteiger partial charge in [-0.05, 0) is 6.92 Å². The summed E-state index contributed by atoms with van der Waals surface area (Å²) >= 11 is 0. The van der Waals surface area contributed by atoms with Crippen molar-refractivity contribution in [1.82, 2.24) is 14.5 Å². The van der Waals surface area contributed by atoms with E-state index >= 15 is 0 Å². The smallest absolute Gasteiger partial charge is 0.352 e. The highest BCUT2D eigenvalue weighted by molar-refractivity contribution is 5.67. The lowest BCUT2D eigenvalue weighted by Crippen LogP contribution is -2.42. The first-order valence-electron chi connectivity index (χ1n) is 7.74. The molecule has 0 aliphatic carbocycles. The minimum Gasteiger partial charge on any atom is -0.463 e. The maximum absolute atomic E-state index is 12.2. The molecule has 2 heterocycles. The molecule has 4 atom stereocenters. The highest BCUT2D eigenvalue weighted by Gasteiger charge is 2.51. The Hall–Kier alpha value is -2.82. The minimum absolute atomic E-state index is 0.251. The molecule has 1 fully saturated rings. The maximum Gasteiger partial charge on any atom is 0.352 e. The van der Waals surface area contributed by atoms with Crippen molar-refractivity contribution in [2.24, 2.45) is 0 Å². The Kier molecular flexibility index (Phi) is 6.03. The van der Waals surface area contributed by atoms with Gasteiger partial charge in [0, 0.05) is 20.8 Å². The van der Waals surface area contributed by atoms with Crippen LogP contribution >= 0.6 is 0 Å². The van der Waals surface area contributed by atoms with Crippen molar-refractivity contribution in [3.63, 3.8) is 0 Å². The van der Waals surface area contributed by atoms with Crippen LogP contribution in [-0.2, 0) is 33.3 Å². The number of esters is 3. The van der Waals surface area contributed by atoms with Gasteiger partial charge in [0.15, 0.2) is 18.4 Å². The van der Waals surface area contributed by atoms with Gasteiger partial charge in [-0.1, -0.05) is 0 Å². The number of hydrogen-bond donors (Lipinski definition) is 0. The Balaban J connectivity index is 2.40. The second-order valence-electron chi connectivity index (χ2n) is 5.61. The molecule has 1 saturated heterocycles. The second kappa shape index (κ2) is 8.04. The second-order valence-corrected chi connectivity index (χ2v) is 5.61. The minimum atomic E-state index is -1.16. The molecule has 0 aromatic carbocycles. The first kappa shape index (κ1) is 19.5. The van der Waals surface area contributed by atoms with Crippen LogP contribution in [0.3, 0.4) is 0 Å². The van der Waals surface area contributed by atoms with E-state index in [1.54, 1.807) is 0 Å². The molecule has 11 nitrogen and oxygen atoms in total. The van der Waals surface area contributed by atoms with Crippen LogP contribution in [0.15, 0.2) is 11.1 Å². The fourth-order valence-corrected chi connectivity index (χ4v) is 2.51. The number of nitrogens with zero attached hydrogens (tertiary/aromatic N) is 3. The molecule has 11 heteroatoms. The Bertz CT molecular complexity index is 762. The van der Waals surface area contributed by atoms with E-state index in [4.69, 9.17) is 18.9 Å². The van der Waals surface area contributed by atoms with E-state index in [0.29, 0.717) is 0 Å². The SMILES string of the molecule is CC(=O)OC[C@H]1O[C@@H](n2cnc(C)nc2=O)[C@H](OC(C)=O)[C@@H]1OC(C)=O. The van der Waals surface area contributed by atoms with Crippen LogP contribution in [0.1, 0.15) is 32.8 Å². The molecular formula is C15H19N3O8. The first-order chi connectivity index (χ1) is 12.2. The maximum atomic E-state index is 12.2. The number of ether oxygens (including phenoxy) is 4. The predicted molar refractivity (Wildman–Crippen MR) is 82.7 cm³/mol. The molecule has 1 aromatic rings. The lowest BCUT2D eigenvalue weighted by molar-refractivity contribution is -0.166. The van der Waals surface area contributed by atoms with E-state index in [1.165, 1.54) is 27.1 Å². The first-order valence-corrected chi connectivity index (χ1v) is 7.74. The van der Waals surface area contributed by atoms with Crippen LogP contribution in [-0.4, -0.2) is 57.4 Å². The number of aryl methyl sites for hydroxylation is 1. The van der Waals surface area contributed by atoms with Crippen molar-refractivity contribution < 1.29 is 33.3 Å². The number of carbonyl (C=O) groups is 3. The molecule has 1 aliphatic heterocycles. The van der Waals surface area contributed by atoms with Crippen LogP contribution in [0.25, 0.3) is 0 Å². The summed E-state index contributed by atoms with van der Waals surface area (Å²) in [7, 11) is 0. The van der Waals surface area contributed by atoms with Crippen molar-refractivity contribution in [3.8, 4) is 0 Å². The summed E-state index contributed by atoms with van der Waals surface area (Å²) < 4.78 is 22.0. The third kappa shape index (κ3) is 4.63. The van der Waals surface area contributed by atoms with E-state index in [9.17, 15) is 19.2 Å². The van der Waals surface area contributed by atoms with Gasteiger partial charge in [0.1, 0.15) is 24.9 Å². The third-order valence-electron chi connectivity index (χ3n) is 3.46. The van der Waals surface area contributed by atoms with Gasteiger partial charge in [-0.2, -0.15) is 4.98 Å². The molecule has 26 heavy (non-hydrogen) atoms. The normalized spacial score (nSPS) is 24.8. The van der Waals surface area contributed by atoms with E-state index in [1.807, 2.05) is 0 Å². The molecule has 0 bridgehead atoms. The zero-order valence-electron chi connectivity index (χ0n) is 14.7. The fraction of sp³-hybridized carbons (Fsp3) is 0.600. The van der Waals surface area contributed by atoms with Crippen molar-refractivity contribution in [2.45, 2.75) is 52.2 Å². The Morgan fingerprint density at radius 1 is 1.12 bits per heavy atom. The molecule has 0 spiro atoms. The van der Waals surface area contributed by atoms with Gasteiger partial charge in [-0.3, -0.25) is 19.0 Å². The van der Waals surface area contributed by atoms with Gasteiger partial charge in [0.2, 0.25) is 0 Å². The fourth-order valence-electron chi connectivity index (χ4n) is 2.51. The summed E-state index contributed by atoms with van der Waals surface area (Å²) in [6.07, 6.45) is -3.16. The summed E-state index contributed by atoms with van der Waals surface area (Å²) in [5.74, 6) is -1.65. The molecular weight excluding hydrogens is 350 g/mol. The van der Waals surface area contributed by atoms with Crippen molar-refractivity contribution in [2.75, 3.05) is 6.61 Å². The molecule has 1 aromatic heterocycles. The van der Waals surface area contributed by atoms with E-state index in [0.717, 1.165) is 11.5 Å². The quantitative estimate of drug-likeness (QED) is 0.482. The Labute approximate surface area is 148 Å². The van der Waals surface area contributed by atoms with Gasteiger partial charge in [-0.15, -0.1) is 0 Å². The van der Waals surface area contributed by atoms with Crippen molar-refractivity contribution in [3.05, 3.63) is 22.6 Å². The molecule has 0 unspecified atom stereocenters. The highest BCUT2D eigenvalue weighted by Crippen LogP contribution is 2.33. The van der Waals surface area contributed by atoms with Crippen molar-refractivity contribution in [1.29, 1.82) is 0 Å². The molecule has 0 saturated carbocycles. The lowest BCUT2D eigenvalue weighted by atomic mass is 10.1. The standard InChI is InChI=1S/C15H19N3O8/c1-7-16-6-18(15(22)17-7)14-13(25-10(4)21)12(24-9(3)20)11(26-14)5-23-8(2)19/h6,11-14H,5H2,1-4H3/t11-,12-,13-,14-/m1/s1. The largest absolute Gasteiger partial charge is 0.463 e. The lowest BCUT2D eigenvalue weighted by Gasteiger charge is -2.23. The highest BCUT2D eigenvalue weighted by atomic mass is 16.7. The number of rotatable bonds is 5. The molecule has 2 rings (SSSR count). The number of aromatic nitrogens is 3. The van der Waals surface area contributed by atoms with Gasteiger partial charge in [-0.25, -0.2) is 9.78 Å². The summed E-state index contributed by atoms with van der Waals surface area (Å²) in [5, 5.41) is 0. The van der Waals surface area contributed by atoms with Crippen LogP contribution in [0.2, 0.25) is 0 Å². The Morgan fingerprint density at radius 3 is 2.27 bits per heavy atom. The molecule has 0 radical (unpaired) electrons. The predicted octanol–water partition coefficient (Wildman–Crippen LogP) is -0.729.